The Morgan fingerprint density at radius 2 is 2.06 bits per heavy atom. The molecule has 0 radical (unpaired) electrons. The summed E-state index contributed by atoms with van der Waals surface area (Å²) in [5.41, 5.74) is 2.38. The van der Waals surface area contributed by atoms with Crippen molar-refractivity contribution in [3.8, 4) is 11.5 Å². The van der Waals surface area contributed by atoms with Gasteiger partial charge in [0.05, 0.1) is 10.5 Å². The third-order valence-electron chi connectivity index (χ3n) is 5.37. The molecule has 5 aromatic rings. The van der Waals surface area contributed by atoms with E-state index >= 15 is 0 Å². The first-order valence-corrected chi connectivity index (χ1v) is 12.1. The van der Waals surface area contributed by atoms with Gasteiger partial charge < -0.3 is 24.7 Å². The molecule has 2 aromatic carbocycles. The molecule has 0 saturated carbocycles. The fourth-order valence-electron chi connectivity index (χ4n) is 3.78. The molecule has 0 bridgehead atoms. The van der Waals surface area contributed by atoms with E-state index < -0.39 is 0 Å². The van der Waals surface area contributed by atoms with Gasteiger partial charge in [0.15, 0.2) is 5.82 Å². The van der Waals surface area contributed by atoms with Gasteiger partial charge in [-0.15, -0.1) is 11.3 Å². The van der Waals surface area contributed by atoms with Crippen molar-refractivity contribution < 1.29 is 14.3 Å². The van der Waals surface area contributed by atoms with Gasteiger partial charge in [-0.2, -0.15) is 0 Å². The number of benzene rings is 2. The summed E-state index contributed by atoms with van der Waals surface area (Å²) in [7, 11) is 1.49. The zero-order chi connectivity index (χ0) is 24.2. The average molecular weight is 508 g/mol. The summed E-state index contributed by atoms with van der Waals surface area (Å²) in [6.07, 6.45) is 3.43. The fraction of sp³-hybridized carbons (Fsp3) is 0.160. The van der Waals surface area contributed by atoms with Gasteiger partial charge in [-0.05, 0) is 47.8 Å². The van der Waals surface area contributed by atoms with Crippen molar-refractivity contribution in [2.45, 2.75) is 6.54 Å². The van der Waals surface area contributed by atoms with E-state index in [1.807, 2.05) is 52.5 Å². The molecule has 0 aliphatic rings. The third-order valence-corrected chi connectivity index (χ3v) is 6.55. The van der Waals surface area contributed by atoms with Crippen molar-refractivity contribution in [1.29, 1.82) is 0 Å². The van der Waals surface area contributed by atoms with Gasteiger partial charge in [0.25, 0.3) is 0 Å². The van der Waals surface area contributed by atoms with Crippen LogP contribution in [0.25, 0.3) is 21.1 Å². The number of nitrogens with one attached hydrogen (secondary N) is 2. The van der Waals surface area contributed by atoms with E-state index in [-0.39, 0.29) is 12.5 Å². The highest BCUT2D eigenvalue weighted by molar-refractivity contribution is 7.17. The molecule has 5 rings (SSSR count). The Morgan fingerprint density at radius 3 is 2.91 bits per heavy atom. The number of carbonyl (C=O) groups excluding carboxylic acids is 1. The van der Waals surface area contributed by atoms with Gasteiger partial charge in [-0.25, -0.2) is 9.97 Å². The summed E-state index contributed by atoms with van der Waals surface area (Å²) in [6, 6.07) is 15.4. The first-order valence-electron chi connectivity index (χ1n) is 10.9. The predicted molar refractivity (Wildman–Crippen MR) is 139 cm³/mol. The minimum Gasteiger partial charge on any atom is -0.455 e. The average Bonchev–Trinajstić information content (AvgIpc) is 3.49. The minimum atomic E-state index is -0.161. The molecule has 0 aliphatic heterocycles. The lowest BCUT2D eigenvalue weighted by molar-refractivity contribution is -0.124. The Labute approximate surface area is 210 Å². The second kappa shape index (κ2) is 10.3. The second-order valence-electron chi connectivity index (χ2n) is 7.71. The molecule has 0 fully saturated rings. The van der Waals surface area contributed by atoms with Gasteiger partial charge in [-0.1, -0.05) is 17.7 Å². The number of anilines is 2. The third kappa shape index (κ3) is 5.07. The lowest BCUT2D eigenvalue weighted by Gasteiger charge is -2.13. The number of nitrogens with zero attached hydrogens (tertiary/aromatic N) is 3. The number of ether oxygens (including phenoxy) is 2. The van der Waals surface area contributed by atoms with E-state index in [1.54, 1.807) is 17.4 Å². The van der Waals surface area contributed by atoms with E-state index in [9.17, 15) is 4.79 Å². The Balaban J connectivity index is 1.34. The minimum absolute atomic E-state index is 0.0330. The highest BCUT2D eigenvalue weighted by Gasteiger charge is 2.12. The number of methoxy groups -OCH3 is 1. The smallest absolute Gasteiger partial charge is 0.246 e. The van der Waals surface area contributed by atoms with Crippen LogP contribution in [0.2, 0.25) is 5.02 Å². The van der Waals surface area contributed by atoms with Crippen molar-refractivity contribution in [1.82, 2.24) is 19.9 Å². The van der Waals surface area contributed by atoms with Gasteiger partial charge in [-0.3, -0.25) is 4.79 Å². The van der Waals surface area contributed by atoms with Crippen LogP contribution >= 0.6 is 22.9 Å². The van der Waals surface area contributed by atoms with Gasteiger partial charge >= 0.3 is 0 Å². The molecule has 3 heterocycles. The number of aromatic nitrogens is 3. The summed E-state index contributed by atoms with van der Waals surface area (Å²) in [5, 5.41) is 9.72. The van der Waals surface area contributed by atoms with E-state index in [4.69, 9.17) is 21.1 Å². The zero-order valence-electron chi connectivity index (χ0n) is 18.8. The molecular formula is C25H22ClN5O3S. The predicted octanol–water partition coefficient (Wildman–Crippen LogP) is 5.60. The SMILES string of the molecule is COCC(=O)NCCn1ccc2ncnc(Nc3ccc(Oc4cccc5sccc45)c(Cl)c3)c21. The highest BCUT2D eigenvalue weighted by Crippen LogP contribution is 2.37. The fourth-order valence-corrected chi connectivity index (χ4v) is 4.80. The molecule has 10 heteroatoms. The highest BCUT2D eigenvalue weighted by atomic mass is 35.5. The topological polar surface area (TPSA) is 90.3 Å². The molecule has 0 unspecified atom stereocenters. The Hall–Kier alpha value is -3.66. The van der Waals surface area contributed by atoms with Gasteiger partial charge in [0.1, 0.15) is 29.9 Å². The Morgan fingerprint density at radius 1 is 1.14 bits per heavy atom. The van der Waals surface area contributed by atoms with Crippen LogP contribution in [-0.4, -0.2) is 40.7 Å². The molecular weight excluding hydrogens is 486 g/mol. The van der Waals surface area contributed by atoms with Crippen LogP contribution in [0.5, 0.6) is 11.5 Å². The van der Waals surface area contributed by atoms with Crippen LogP contribution in [0.3, 0.4) is 0 Å². The monoisotopic (exact) mass is 507 g/mol. The maximum absolute atomic E-state index is 11.7. The van der Waals surface area contributed by atoms with Crippen LogP contribution < -0.4 is 15.4 Å². The number of amides is 1. The van der Waals surface area contributed by atoms with Gasteiger partial charge in [0, 0.05) is 42.2 Å². The standard InChI is InChI=1S/C25H22ClN5O3S/c1-33-14-23(32)27-9-11-31-10-7-19-24(31)25(29-15-28-19)30-16-5-6-21(18(26)13-16)34-20-3-2-4-22-17(20)8-12-35-22/h2-8,10,12-13,15H,9,11,14H2,1H3,(H,27,32)(H,28,29,30). The Kier molecular flexibility index (Phi) is 6.80. The maximum Gasteiger partial charge on any atom is 0.246 e. The van der Waals surface area contributed by atoms with E-state index in [0.717, 1.165) is 32.6 Å². The largest absolute Gasteiger partial charge is 0.455 e. The number of hydrogen-bond acceptors (Lipinski definition) is 7. The summed E-state index contributed by atoms with van der Waals surface area (Å²) < 4.78 is 14.1. The van der Waals surface area contributed by atoms with E-state index in [1.165, 1.54) is 13.4 Å². The van der Waals surface area contributed by atoms with Crippen LogP contribution in [0, 0.1) is 0 Å². The summed E-state index contributed by atoms with van der Waals surface area (Å²) in [6.45, 7) is 1.04. The number of thiophene rings is 1. The van der Waals surface area contributed by atoms with Crippen molar-refractivity contribution in [2.75, 3.05) is 25.6 Å². The lowest BCUT2D eigenvalue weighted by Crippen LogP contribution is -2.30. The zero-order valence-corrected chi connectivity index (χ0v) is 20.4. The quantitative estimate of drug-likeness (QED) is 0.270. The molecule has 178 valence electrons. The number of hydrogen-bond donors (Lipinski definition) is 2. The van der Waals surface area contributed by atoms with Crippen LogP contribution in [0.15, 0.2) is 66.4 Å². The summed E-state index contributed by atoms with van der Waals surface area (Å²) >= 11 is 8.24. The molecule has 1 amide bonds. The summed E-state index contributed by atoms with van der Waals surface area (Å²) in [4.78, 5) is 20.4. The van der Waals surface area contributed by atoms with Crippen molar-refractivity contribution in [2.24, 2.45) is 0 Å². The first-order chi connectivity index (χ1) is 17.1. The van der Waals surface area contributed by atoms with Crippen LogP contribution in [-0.2, 0) is 16.1 Å². The molecule has 8 nitrogen and oxygen atoms in total. The van der Waals surface area contributed by atoms with Crippen molar-refractivity contribution >= 4 is 61.5 Å². The van der Waals surface area contributed by atoms with Crippen molar-refractivity contribution in [3.63, 3.8) is 0 Å². The van der Waals surface area contributed by atoms with E-state index in [0.29, 0.717) is 29.7 Å². The Bertz CT molecular complexity index is 1500. The van der Waals surface area contributed by atoms with Gasteiger partial charge in [0.2, 0.25) is 5.91 Å². The molecule has 0 saturated heterocycles. The molecule has 3 aromatic heterocycles. The number of carbonyl (C=O) groups is 1. The molecule has 0 atom stereocenters. The number of fused-ring (bicyclic) bond motifs is 2. The normalized spacial score (nSPS) is 11.1. The van der Waals surface area contributed by atoms with E-state index in [2.05, 4.69) is 26.7 Å². The van der Waals surface area contributed by atoms with Crippen LogP contribution in [0.1, 0.15) is 0 Å². The van der Waals surface area contributed by atoms with Crippen LogP contribution in [0.4, 0.5) is 11.5 Å². The molecule has 35 heavy (non-hydrogen) atoms. The van der Waals surface area contributed by atoms with Crippen molar-refractivity contribution in [3.05, 3.63) is 71.5 Å². The molecule has 2 N–H and O–H groups in total. The summed E-state index contributed by atoms with van der Waals surface area (Å²) in [5.74, 6) is 1.81. The second-order valence-corrected chi connectivity index (χ2v) is 9.06. The number of rotatable bonds is 9. The maximum atomic E-state index is 11.7. The molecule has 0 spiro atoms. The molecule has 0 aliphatic carbocycles. The lowest BCUT2D eigenvalue weighted by atomic mass is 10.2. The first kappa shape index (κ1) is 23.1. The number of halogens is 1.